The highest BCUT2D eigenvalue weighted by atomic mass is 16.5. The Morgan fingerprint density at radius 3 is 2.65 bits per heavy atom. The number of fused-ring (bicyclic) bond motifs is 1. The van der Waals surface area contributed by atoms with E-state index in [0.29, 0.717) is 22.7 Å². The van der Waals surface area contributed by atoms with Crippen LogP contribution in [0.2, 0.25) is 0 Å². The van der Waals surface area contributed by atoms with Crippen molar-refractivity contribution < 1.29 is 9.53 Å². The van der Waals surface area contributed by atoms with E-state index in [1.807, 2.05) is 30.3 Å². The summed E-state index contributed by atoms with van der Waals surface area (Å²) in [7, 11) is 1.56. The zero-order chi connectivity index (χ0) is 16.1. The quantitative estimate of drug-likeness (QED) is 0.746. The maximum atomic E-state index is 12.4. The molecule has 0 saturated heterocycles. The van der Waals surface area contributed by atoms with Crippen LogP contribution in [0.5, 0.6) is 0 Å². The Morgan fingerprint density at radius 1 is 1.17 bits per heavy atom. The summed E-state index contributed by atoms with van der Waals surface area (Å²) in [5.74, 6) is -0.613. The van der Waals surface area contributed by atoms with Crippen LogP contribution < -0.4 is 16.6 Å². The number of aromatic nitrogens is 2. The van der Waals surface area contributed by atoms with E-state index in [1.54, 1.807) is 7.05 Å². The highest BCUT2D eigenvalue weighted by Crippen LogP contribution is 2.41. The van der Waals surface area contributed by atoms with Gasteiger partial charge in [0.15, 0.2) is 0 Å². The van der Waals surface area contributed by atoms with E-state index < -0.39 is 23.1 Å². The number of benzene rings is 1. The molecular formula is C16H13N3O4. The molecule has 116 valence electrons. The molecule has 0 fully saturated rings. The Bertz CT molecular complexity index is 969. The van der Waals surface area contributed by atoms with Crippen LogP contribution in [0.1, 0.15) is 17.0 Å². The molecule has 0 aliphatic carbocycles. The number of rotatable bonds is 1. The van der Waals surface area contributed by atoms with Crippen molar-refractivity contribution in [3.05, 3.63) is 73.6 Å². The summed E-state index contributed by atoms with van der Waals surface area (Å²) >= 11 is 0. The molecule has 2 aromatic rings. The first-order chi connectivity index (χ1) is 11.1. The minimum atomic E-state index is -0.562. The summed E-state index contributed by atoms with van der Waals surface area (Å²) in [5, 5.41) is 3.02. The summed E-state index contributed by atoms with van der Waals surface area (Å²) in [6.45, 7) is 0.109. The maximum Gasteiger partial charge on any atom is 0.337 e. The zero-order valence-electron chi connectivity index (χ0n) is 12.3. The average molecular weight is 311 g/mol. The lowest BCUT2D eigenvalue weighted by atomic mass is 9.83. The molecule has 7 heteroatoms. The number of ether oxygens (including phenoxy) is 1. The number of H-pyrrole nitrogens is 1. The second kappa shape index (κ2) is 4.70. The Kier molecular flexibility index (Phi) is 2.77. The van der Waals surface area contributed by atoms with Gasteiger partial charge < -0.3 is 10.1 Å². The van der Waals surface area contributed by atoms with Gasteiger partial charge in [-0.3, -0.25) is 14.3 Å². The van der Waals surface area contributed by atoms with Gasteiger partial charge in [0, 0.05) is 7.05 Å². The Morgan fingerprint density at radius 2 is 1.91 bits per heavy atom. The monoisotopic (exact) mass is 311 g/mol. The molecule has 7 nitrogen and oxygen atoms in total. The summed E-state index contributed by atoms with van der Waals surface area (Å²) in [4.78, 5) is 38.8. The number of hydrogen-bond acceptors (Lipinski definition) is 5. The maximum absolute atomic E-state index is 12.4. The minimum Gasteiger partial charge on any atom is -0.456 e. The standard InChI is InChI=1S/C16H13N3O4/c1-19-13-12(14(20)18-16(19)22)10(8-5-3-2-4-6-8)11-9(17-13)7-23-15(11)21/h2-6,10,17H,7H2,1H3,(H,18,20,22)/t10-/m0/s1. The molecule has 23 heavy (non-hydrogen) atoms. The summed E-state index contributed by atoms with van der Waals surface area (Å²) < 4.78 is 6.45. The lowest BCUT2D eigenvalue weighted by Gasteiger charge is -2.27. The van der Waals surface area contributed by atoms with E-state index in [0.717, 1.165) is 5.56 Å². The van der Waals surface area contributed by atoms with Gasteiger partial charge in [0.25, 0.3) is 5.56 Å². The van der Waals surface area contributed by atoms with Crippen molar-refractivity contribution in [1.82, 2.24) is 9.55 Å². The Hall–Kier alpha value is -3.09. The van der Waals surface area contributed by atoms with E-state index in [4.69, 9.17) is 4.74 Å². The smallest absolute Gasteiger partial charge is 0.337 e. The molecule has 3 heterocycles. The highest BCUT2D eigenvalue weighted by Gasteiger charge is 2.40. The first kappa shape index (κ1) is 13.6. The summed E-state index contributed by atoms with van der Waals surface area (Å²) in [6, 6.07) is 9.24. The molecule has 1 aromatic carbocycles. The average Bonchev–Trinajstić information content (AvgIpc) is 2.93. The van der Waals surface area contributed by atoms with Crippen molar-refractivity contribution in [2.75, 3.05) is 11.9 Å². The van der Waals surface area contributed by atoms with Gasteiger partial charge in [-0.1, -0.05) is 30.3 Å². The van der Waals surface area contributed by atoms with Crippen LogP contribution in [-0.4, -0.2) is 22.1 Å². The van der Waals surface area contributed by atoms with Gasteiger partial charge in [0.1, 0.15) is 12.4 Å². The molecule has 0 radical (unpaired) electrons. The molecule has 0 spiro atoms. The first-order valence-corrected chi connectivity index (χ1v) is 7.13. The summed E-state index contributed by atoms with van der Waals surface area (Å²) in [5.41, 5.74) is 1.14. The number of carbonyl (C=O) groups is 1. The largest absolute Gasteiger partial charge is 0.456 e. The number of nitrogens with zero attached hydrogens (tertiary/aromatic N) is 1. The van der Waals surface area contributed by atoms with Crippen LogP contribution >= 0.6 is 0 Å². The fraction of sp³-hybridized carbons (Fsp3) is 0.188. The van der Waals surface area contributed by atoms with Crippen LogP contribution in [0.4, 0.5) is 5.82 Å². The number of esters is 1. The SMILES string of the molecule is Cn1c2c(c(=O)[nH]c1=O)[C@@H](c1ccccc1)C1=C(COC1=O)N2. The normalized spacial score (nSPS) is 19.0. The van der Waals surface area contributed by atoms with Crippen molar-refractivity contribution >= 4 is 11.8 Å². The number of cyclic esters (lactones) is 1. The third-order valence-corrected chi connectivity index (χ3v) is 4.23. The van der Waals surface area contributed by atoms with Crippen molar-refractivity contribution in [3.8, 4) is 0 Å². The number of anilines is 1. The summed E-state index contributed by atoms with van der Waals surface area (Å²) in [6.07, 6.45) is 0. The van der Waals surface area contributed by atoms with Gasteiger partial charge in [-0.05, 0) is 5.56 Å². The van der Waals surface area contributed by atoms with Gasteiger partial charge in [-0.15, -0.1) is 0 Å². The van der Waals surface area contributed by atoms with Gasteiger partial charge in [0.2, 0.25) is 0 Å². The van der Waals surface area contributed by atoms with E-state index in [9.17, 15) is 14.4 Å². The van der Waals surface area contributed by atoms with Crippen molar-refractivity contribution in [2.45, 2.75) is 5.92 Å². The van der Waals surface area contributed by atoms with Crippen LogP contribution in [0.3, 0.4) is 0 Å². The fourth-order valence-electron chi connectivity index (χ4n) is 3.14. The predicted octanol–water partition coefficient (Wildman–Crippen LogP) is 0.442. The molecule has 0 bridgehead atoms. The molecular weight excluding hydrogens is 298 g/mol. The lowest BCUT2D eigenvalue weighted by molar-refractivity contribution is -0.136. The third kappa shape index (κ3) is 1.86. The van der Waals surface area contributed by atoms with Crippen molar-refractivity contribution in [1.29, 1.82) is 0 Å². The second-order valence-corrected chi connectivity index (χ2v) is 5.52. The number of aromatic amines is 1. The highest BCUT2D eigenvalue weighted by molar-refractivity contribution is 5.96. The molecule has 2 aliphatic rings. The fourth-order valence-corrected chi connectivity index (χ4v) is 3.14. The van der Waals surface area contributed by atoms with E-state index in [-0.39, 0.29) is 6.61 Å². The predicted molar refractivity (Wildman–Crippen MR) is 82.2 cm³/mol. The number of hydrogen-bond donors (Lipinski definition) is 2. The number of nitrogens with one attached hydrogen (secondary N) is 2. The molecule has 0 amide bonds. The zero-order valence-corrected chi connectivity index (χ0v) is 12.3. The molecule has 4 rings (SSSR count). The lowest BCUT2D eigenvalue weighted by Crippen LogP contribution is -2.37. The van der Waals surface area contributed by atoms with Gasteiger partial charge >= 0.3 is 11.7 Å². The molecule has 0 saturated carbocycles. The van der Waals surface area contributed by atoms with Gasteiger partial charge in [-0.25, -0.2) is 9.59 Å². The molecule has 1 aromatic heterocycles. The van der Waals surface area contributed by atoms with Crippen LogP contribution in [-0.2, 0) is 16.6 Å². The Balaban J connectivity index is 2.07. The second-order valence-electron chi connectivity index (χ2n) is 5.52. The van der Waals surface area contributed by atoms with Crippen molar-refractivity contribution in [3.63, 3.8) is 0 Å². The Labute approximate surface area is 130 Å². The molecule has 2 N–H and O–H groups in total. The molecule has 2 aliphatic heterocycles. The van der Waals surface area contributed by atoms with E-state index in [1.165, 1.54) is 4.57 Å². The third-order valence-electron chi connectivity index (χ3n) is 4.23. The van der Waals surface area contributed by atoms with Gasteiger partial charge in [-0.2, -0.15) is 0 Å². The van der Waals surface area contributed by atoms with Gasteiger partial charge in [0.05, 0.1) is 22.8 Å². The van der Waals surface area contributed by atoms with Crippen molar-refractivity contribution in [2.24, 2.45) is 7.05 Å². The number of carbonyl (C=O) groups excluding carboxylic acids is 1. The topological polar surface area (TPSA) is 93.2 Å². The van der Waals surface area contributed by atoms with Crippen LogP contribution in [0, 0.1) is 0 Å². The minimum absolute atomic E-state index is 0.109. The van der Waals surface area contributed by atoms with Crippen LogP contribution in [0.25, 0.3) is 0 Å². The van der Waals surface area contributed by atoms with E-state index in [2.05, 4.69) is 10.3 Å². The van der Waals surface area contributed by atoms with Crippen LogP contribution in [0.15, 0.2) is 51.2 Å². The molecule has 1 atom stereocenters. The first-order valence-electron chi connectivity index (χ1n) is 7.13. The molecule has 0 unspecified atom stereocenters. The van der Waals surface area contributed by atoms with E-state index >= 15 is 0 Å².